The number of alkyl halides is 3. The lowest BCUT2D eigenvalue weighted by molar-refractivity contribution is -0.137. The van der Waals surface area contributed by atoms with Gasteiger partial charge in [-0.05, 0) is 75.4 Å². The van der Waals surface area contributed by atoms with Crippen molar-refractivity contribution in [3.8, 4) is 11.8 Å². The summed E-state index contributed by atoms with van der Waals surface area (Å²) in [5.74, 6) is 6.53. The predicted octanol–water partition coefficient (Wildman–Crippen LogP) is 6.68. The van der Waals surface area contributed by atoms with Crippen molar-refractivity contribution in [3.05, 3.63) is 106 Å². The Morgan fingerprint density at radius 3 is 1.97 bits per heavy atom. The van der Waals surface area contributed by atoms with Crippen LogP contribution in [0.15, 0.2) is 72.3 Å². The summed E-state index contributed by atoms with van der Waals surface area (Å²) in [5.41, 5.74) is 6.10. The van der Waals surface area contributed by atoms with Gasteiger partial charge in [-0.3, -0.25) is 0 Å². The van der Waals surface area contributed by atoms with E-state index in [0.717, 1.165) is 50.9 Å². The Kier molecular flexibility index (Phi) is 6.23. The molecule has 4 rings (SSSR count). The number of benzene rings is 3. The Labute approximate surface area is 199 Å². The van der Waals surface area contributed by atoms with E-state index in [1.54, 1.807) is 0 Å². The van der Waals surface area contributed by atoms with Gasteiger partial charge in [0.1, 0.15) is 0 Å². The summed E-state index contributed by atoms with van der Waals surface area (Å²) in [4.78, 5) is 0. The zero-order chi connectivity index (χ0) is 24.7. The first kappa shape index (κ1) is 23.9. The van der Waals surface area contributed by atoms with Gasteiger partial charge in [-0.15, -0.1) is 0 Å². The van der Waals surface area contributed by atoms with Crippen LogP contribution in [0.4, 0.5) is 13.2 Å². The molecule has 1 aliphatic rings. The maximum absolute atomic E-state index is 13.2. The zero-order valence-electron chi connectivity index (χ0n) is 20.0. The highest BCUT2D eigenvalue weighted by Gasteiger charge is 2.45. The molecule has 0 unspecified atom stereocenters. The lowest BCUT2D eigenvalue weighted by Crippen LogP contribution is -2.39. The zero-order valence-corrected chi connectivity index (χ0v) is 20.0. The molecule has 0 spiro atoms. The number of hydrogen-bond acceptors (Lipinski definition) is 1. The topological polar surface area (TPSA) is 9.23 Å². The highest BCUT2D eigenvalue weighted by Crippen LogP contribution is 2.40. The summed E-state index contributed by atoms with van der Waals surface area (Å²) >= 11 is 0. The average molecular weight is 458 g/mol. The second kappa shape index (κ2) is 8.85. The van der Waals surface area contributed by atoms with Crippen molar-refractivity contribution >= 4 is 17.9 Å². The first-order chi connectivity index (χ1) is 16.0. The Hall–Kier alpha value is -3.23. The van der Waals surface area contributed by atoms with Gasteiger partial charge in [0.25, 0.3) is 0 Å². The van der Waals surface area contributed by atoms with Crippen molar-refractivity contribution in [2.45, 2.75) is 46.4 Å². The van der Waals surface area contributed by atoms with Crippen LogP contribution in [0.1, 0.15) is 47.2 Å². The summed E-state index contributed by atoms with van der Waals surface area (Å²) in [7, 11) is 0. The summed E-state index contributed by atoms with van der Waals surface area (Å²) in [5, 5.41) is 0. The van der Waals surface area contributed by atoms with E-state index in [0.29, 0.717) is 5.56 Å². The van der Waals surface area contributed by atoms with Crippen molar-refractivity contribution < 1.29 is 17.8 Å². The molecule has 172 valence electrons. The SMILES string of the molecule is Cc1cc(C)c(B2OC(C)(C)C(C#Cc3ccccc3)=C2c2ccc(C(F)(F)F)cc2)c(C)c1. The minimum absolute atomic E-state index is 0.438. The molecule has 0 aliphatic carbocycles. The van der Waals surface area contributed by atoms with Crippen molar-refractivity contribution in [1.29, 1.82) is 0 Å². The fourth-order valence-electron chi connectivity index (χ4n) is 4.68. The lowest BCUT2D eigenvalue weighted by Gasteiger charge is -2.23. The molecule has 0 radical (unpaired) electrons. The fraction of sp³-hybridized carbons (Fsp3) is 0.241. The van der Waals surface area contributed by atoms with Crippen LogP contribution in [0.25, 0.3) is 5.47 Å². The smallest absolute Gasteiger partial charge is 0.416 e. The lowest BCUT2D eigenvalue weighted by atomic mass is 9.51. The maximum atomic E-state index is 13.2. The molecule has 1 nitrogen and oxygen atoms in total. The number of rotatable bonds is 2. The minimum atomic E-state index is -4.39. The van der Waals surface area contributed by atoms with E-state index >= 15 is 0 Å². The molecule has 1 aliphatic heterocycles. The molecular formula is C29H26BF3O. The van der Waals surface area contributed by atoms with Crippen LogP contribution >= 0.6 is 0 Å². The van der Waals surface area contributed by atoms with Gasteiger partial charge in [0.05, 0.1) is 11.2 Å². The predicted molar refractivity (Wildman–Crippen MR) is 133 cm³/mol. The average Bonchev–Trinajstić information content (AvgIpc) is 3.01. The molecule has 0 N–H and O–H groups in total. The van der Waals surface area contributed by atoms with E-state index < -0.39 is 24.3 Å². The largest absolute Gasteiger partial charge is 0.417 e. The number of aryl methyl sites for hydroxylation is 3. The molecule has 0 bridgehead atoms. The molecule has 0 atom stereocenters. The van der Waals surface area contributed by atoms with Gasteiger partial charge < -0.3 is 4.65 Å². The van der Waals surface area contributed by atoms with Crippen LogP contribution in [-0.4, -0.2) is 12.5 Å². The summed E-state index contributed by atoms with van der Waals surface area (Å²) in [6.45, 7) is 9.63. The van der Waals surface area contributed by atoms with Crippen LogP contribution in [-0.2, 0) is 10.8 Å². The van der Waals surface area contributed by atoms with Crippen LogP contribution in [0.3, 0.4) is 0 Å². The highest BCUT2D eigenvalue weighted by molar-refractivity contribution is 6.87. The molecule has 3 aromatic carbocycles. The van der Waals surface area contributed by atoms with Gasteiger partial charge in [0, 0.05) is 11.1 Å². The van der Waals surface area contributed by atoms with Crippen LogP contribution < -0.4 is 5.46 Å². The van der Waals surface area contributed by atoms with Crippen LogP contribution in [0.2, 0.25) is 0 Å². The Balaban J connectivity index is 1.94. The van der Waals surface area contributed by atoms with Crippen molar-refractivity contribution in [3.63, 3.8) is 0 Å². The monoisotopic (exact) mass is 458 g/mol. The van der Waals surface area contributed by atoms with E-state index in [4.69, 9.17) is 4.65 Å². The standard InChI is InChI=1S/C29H26BF3O/c1-19-17-20(2)26(21(3)18-19)30-27(23-12-14-24(15-13-23)29(31,32)33)25(28(4,5)34-30)16-11-22-9-7-6-8-10-22/h6-10,12-15,17-18H,1-5H3. The second-order valence-corrected chi connectivity index (χ2v) is 9.30. The summed E-state index contributed by atoms with van der Waals surface area (Å²) in [6.07, 6.45) is -4.39. The second-order valence-electron chi connectivity index (χ2n) is 9.30. The molecule has 0 saturated heterocycles. The van der Waals surface area contributed by atoms with Crippen LogP contribution in [0.5, 0.6) is 0 Å². The summed E-state index contributed by atoms with van der Waals surface area (Å²) in [6, 6.07) is 19.2. The number of hydrogen-bond donors (Lipinski definition) is 0. The minimum Gasteiger partial charge on any atom is -0.417 e. The third-order valence-corrected chi connectivity index (χ3v) is 6.18. The third-order valence-electron chi connectivity index (χ3n) is 6.18. The van der Waals surface area contributed by atoms with Crippen molar-refractivity contribution in [2.24, 2.45) is 0 Å². The quantitative estimate of drug-likeness (QED) is 0.308. The highest BCUT2D eigenvalue weighted by atomic mass is 19.4. The Morgan fingerprint density at radius 1 is 0.824 bits per heavy atom. The van der Waals surface area contributed by atoms with Crippen molar-refractivity contribution in [2.75, 3.05) is 0 Å². The molecule has 0 aromatic heterocycles. The molecule has 0 saturated carbocycles. The molecule has 5 heteroatoms. The van der Waals surface area contributed by atoms with E-state index in [-0.39, 0.29) is 0 Å². The Morgan fingerprint density at radius 2 is 1.41 bits per heavy atom. The molecule has 0 amide bonds. The molecular weight excluding hydrogens is 432 g/mol. The van der Waals surface area contributed by atoms with Gasteiger partial charge in [-0.2, -0.15) is 13.2 Å². The number of halogens is 3. The molecule has 1 heterocycles. The van der Waals surface area contributed by atoms with Gasteiger partial charge in [-0.1, -0.05) is 71.0 Å². The maximum Gasteiger partial charge on any atom is 0.416 e. The van der Waals surface area contributed by atoms with Gasteiger partial charge >= 0.3 is 13.1 Å². The Bertz CT molecular complexity index is 1280. The summed E-state index contributed by atoms with van der Waals surface area (Å²) < 4.78 is 46.3. The van der Waals surface area contributed by atoms with E-state index in [2.05, 4.69) is 24.0 Å². The van der Waals surface area contributed by atoms with E-state index in [9.17, 15) is 13.2 Å². The van der Waals surface area contributed by atoms with Crippen LogP contribution in [0, 0.1) is 32.6 Å². The van der Waals surface area contributed by atoms with E-state index in [1.165, 1.54) is 12.1 Å². The van der Waals surface area contributed by atoms with Gasteiger partial charge in [0.15, 0.2) is 0 Å². The van der Waals surface area contributed by atoms with Gasteiger partial charge in [-0.25, -0.2) is 0 Å². The van der Waals surface area contributed by atoms with E-state index in [1.807, 2.05) is 65.0 Å². The third kappa shape index (κ3) is 4.69. The van der Waals surface area contributed by atoms with Crippen molar-refractivity contribution in [1.82, 2.24) is 0 Å². The normalized spacial score (nSPS) is 15.4. The molecule has 3 aromatic rings. The first-order valence-corrected chi connectivity index (χ1v) is 11.2. The first-order valence-electron chi connectivity index (χ1n) is 11.2. The van der Waals surface area contributed by atoms with Gasteiger partial charge in [0.2, 0.25) is 0 Å². The molecule has 34 heavy (non-hydrogen) atoms. The fourth-order valence-corrected chi connectivity index (χ4v) is 4.68. The molecule has 0 fully saturated rings.